The Kier molecular flexibility index (Phi) is 7.98. The van der Waals surface area contributed by atoms with Gasteiger partial charge in [-0.1, -0.05) is 25.8 Å². The average Bonchev–Trinajstić information content (AvgIpc) is 2.66. The van der Waals surface area contributed by atoms with Crippen LogP contribution >= 0.6 is 0 Å². The molecule has 0 aromatic heterocycles. The molecule has 0 unspecified atom stereocenters. The van der Waals surface area contributed by atoms with E-state index in [4.69, 9.17) is 9.47 Å². The molecule has 1 fully saturated rings. The Morgan fingerprint density at radius 1 is 1.25 bits per heavy atom. The van der Waals surface area contributed by atoms with Gasteiger partial charge >= 0.3 is 12.0 Å². The van der Waals surface area contributed by atoms with Gasteiger partial charge in [0.1, 0.15) is 0 Å². The summed E-state index contributed by atoms with van der Waals surface area (Å²) < 4.78 is 23.2. The van der Waals surface area contributed by atoms with Gasteiger partial charge in [-0.3, -0.25) is 10.1 Å². The number of imide groups is 1. The van der Waals surface area contributed by atoms with Gasteiger partial charge in [0.2, 0.25) is 0 Å². The van der Waals surface area contributed by atoms with E-state index in [2.05, 4.69) is 17.6 Å². The lowest BCUT2D eigenvalue weighted by Gasteiger charge is -2.29. The second-order valence-electron chi connectivity index (χ2n) is 6.72. The molecule has 2 rings (SSSR count). The summed E-state index contributed by atoms with van der Waals surface area (Å²) in [5.74, 6) is -1.61. The molecule has 0 aliphatic heterocycles. The minimum atomic E-state index is -0.785. The zero-order valence-corrected chi connectivity index (χ0v) is 16.0. The molecule has 0 bridgehead atoms. The molecule has 0 saturated heterocycles. The van der Waals surface area contributed by atoms with Crippen LogP contribution in [0.5, 0.6) is 5.75 Å². The van der Waals surface area contributed by atoms with Crippen LogP contribution in [0.25, 0.3) is 6.08 Å². The van der Waals surface area contributed by atoms with E-state index in [1.165, 1.54) is 25.3 Å². The van der Waals surface area contributed by atoms with E-state index in [1.807, 2.05) is 0 Å². The number of esters is 1. The van der Waals surface area contributed by atoms with Crippen molar-refractivity contribution in [3.63, 3.8) is 0 Å². The topological polar surface area (TPSA) is 93.7 Å². The molecule has 2 atom stereocenters. The van der Waals surface area contributed by atoms with Crippen molar-refractivity contribution in [3.05, 3.63) is 35.7 Å². The Morgan fingerprint density at radius 2 is 2.00 bits per heavy atom. The van der Waals surface area contributed by atoms with E-state index >= 15 is 0 Å². The number of nitrogens with one attached hydrogen (secondary N) is 2. The van der Waals surface area contributed by atoms with Gasteiger partial charge in [-0.15, -0.1) is 0 Å². The molecule has 0 heterocycles. The van der Waals surface area contributed by atoms with E-state index in [9.17, 15) is 18.8 Å². The van der Waals surface area contributed by atoms with Gasteiger partial charge in [0.05, 0.1) is 7.11 Å². The van der Waals surface area contributed by atoms with E-state index in [1.54, 1.807) is 6.07 Å². The largest absolute Gasteiger partial charge is 0.494 e. The number of benzene rings is 1. The van der Waals surface area contributed by atoms with Gasteiger partial charge in [-0.25, -0.2) is 14.0 Å². The van der Waals surface area contributed by atoms with E-state index in [-0.39, 0.29) is 11.8 Å². The highest BCUT2D eigenvalue weighted by Crippen LogP contribution is 2.23. The van der Waals surface area contributed by atoms with Crippen molar-refractivity contribution in [1.29, 1.82) is 0 Å². The molecule has 1 aliphatic carbocycles. The summed E-state index contributed by atoms with van der Waals surface area (Å²) in [5, 5.41) is 4.92. The molecular weight excluding hydrogens is 367 g/mol. The number of amides is 3. The van der Waals surface area contributed by atoms with Crippen LogP contribution in [0.2, 0.25) is 0 Å². The Balaban J connectivity index is 1.73. The quantitative estimate of drug-likeness (QED) is 0.574. The summed E-state index contributed by atoms with van der Waals surface area (Å²) in [6, 6.07) is 3.64. The van der Waals surface area contributed by atoms with Crippen molar-refractivity contribution >= 4 is 24.0 Å². The molecule has 3 amide bonds. The second-order valence-corrected chi connectivity index (χ2v) is 6.72. The summed E-state index contributed by atoms with van der Waals surface area (Å²) in [4.78, 5) is 35.3. The fourth-order valence-corrected chi connectivity index (χ4v) is 3.03. The number of rotatable bonds is 6. The summed E-state index contributed by atoms with van der Waals surface area (Å²) >= 11 is 0. The van der Waals surface area contributed by atoms with Crippen LogP contribution in [0.4, 0.5) is 9.18 Å². The summed E-state index contributed by atoms with van der Waals surface area (Å²) in [7, 11) is 1.35. The van der Waals surface area contributed by atoms with Gasteiger partial charge in [0.15, 0.2) is 18.2 Å². The second kappa shape index (κ2) is 10.4. The first-order valence-electron chi connectivity index (χ1n) is 9.17. The van der Waals surface area contributed by atoms with Crippen LogP contribution in [0.3, 0.4) is 0 Å². The molecule has 1 aliphatic rings. The number of carbonyl (C=O) groups excluding carboxylic acids is 3. The molecule has 7 nitrogen and oxygen atoms in total. The first-order valence-corrected chi connectivity index (χ1v) is 9.17. The normalized spacial score (nSPS) is 19.1. The number of methoxy groups -OCH3 is 1. The molecule has 2 N–H and O–H groups in total. The van der Waals surface area contributed by atoms with Crippen LogP contribution in [0, 0.1) is 11.7 Å². The molecular formula is C20H25FN2O5. The number of hydrogen-bond acceptors (Lipinski definition) is 5. The Labute approximate surface area is 163 Å². The SMILES string of the molecule is COc1ccc(/C=C/C(=O)OCC(=O)NC(=O)N[C@H]2CCCC[C@@H]2C)cc1F. The Morgan fingerprint density at radius 3 is 2.68 bits per heavy atom. The maximum absolute atomic E-state index is 13.6. The number of hydrogen-bond donors (Lipinski definition) is 2. The zero-order valence-electron chi connectivity index (χ0n) is 16.0. The molecule has 1 aromatic rings. The Bertz CT molecular complexity index is 750. The molecule has 0 radical (unpaired) electrons. The van der Waals surface area contributed by atoms with E-state index in [0.29, 0.717) is 11.5 Å². The summed E-state index contributed by atoms with van der Waals surface area (Å²) in [6.45, 7) is 1.47. The summed E-state index contributed by atoms with van der Waals surface area (Å²) in [5.41, 5.74) is 0.431. The van der Waals surface area contributed by atoms with Gasteiger partial charge in [-0.05, 0) is 42.5 Å². The Hall–Kier alpha value is -2.90. The third-order valence-electron chi connectivity index (χ3n) is 4.61. The minimum Gasteiger partial charge on any atom is -0.494 e. The molecule has 28 heavy (non-hydrogen) atoms. The molecule has 152 valence electrons. The van der Waals surface area contributed by atoms with Crippen LogP contribution in [-0.2, 0) is 14.3 Å². The first kappa shape index (κ1) is 21.4. The van der Waals surface area contributed by atoms with Gasteiger partial charge in [-0.2, -0.15) is 0 Å². The van der Waals surface area contributed by atoms with Gasteiger partial charge in [0, 0.05) is 12.1 Å². The van der Waals surface area contributed by atoms with Crippen molar-refractivity contribution in [3.8, 4) is 5.75 Å². The molecule has 0 spiro atoms. The van der Waals surface area contributed by atoms with Gasteiger partial charge < -0.3 is 14.8 Å². The number of ether oxygens (including phenoxy) is 2. The van der Waals surface area contributed by atoms with Crippen molar-refractivity contribution < 1.29 is 28.2 Å². The van der Waals surface area contributed by atoms with Crippen LogP contribution in [-0.4, -0.2) is 37.7 Å². The number of carbonyl (C=O) groups is 3. The van der Waals surface area contributed by atoms with Crippen molar-refractivity contribution in [1.82, 2.24) is 10.6 Å². The predicted molar refractivity (Wildman–Crippen MR) is 101 cm³/mol. The van der Waals surface area contributed by atoms with E-state index in [0.717, 1.165) is 31.8 Å². The monoisotopic (exact) mass is 392 g/mol. The average molecular weight is 392 g/mol. The molecule has 1 saturated carbocycles. The zero-order chi connectivity index (χ0) is 20.5. The van der Waals surface area contributed by atoms with Crippen molar-refractivity contribution in [2.75, 3.05) is 13.7 Å². The lowest BCUT2D eigenvalue weighted by atomic mass is 9.86. The molecule has 8 heteroatoms. The van der Waals surface area contributed by atoms with Gasteiger partial charge in [0.25, 0.3) is 5.91 Å². The van der Waals surface area contributed by atoms with Crippen molar-refractivity contribution in [2.45, 2.75) is 38.6 Å². The molecule has 1 aromatic carbocycles. The highest BCUT2D eigenvalue weighted by atomic mass is 19.1. The number of urea groups is 1. The summed E-state index contributed by atoms with van der Waals surface area (Å²) in [6.07, 6.45) is 6.53. The predicted octanol–water partition coefficient (Wildman–Crippen LogP) is 2.80. The van der Waals surface area contributed by atoms with Crippen LogP contribution in [0.15, 0.2) is 24.3 Å². The van der Waals surface area contributed by atoms with Crippen molar-refractivity contribution in [2.24, 2.45) is 5.92 Å². The third kappa shape index (κ3) is 6.68. The smallest absolute Gasteiger partial charge is 0.331 e. The minimum absolute atomic E-state index is 0.0388. The number of halogens is 1. The first-order chi connectivity index (χ1) is 13.4. The van der Waals surface area contributed by atoms with Crippen LogP contribution in [0.1, 0.15) is 38.2 Å². The van der Waals surface area contributed by atoms with Crippen LogP contribution < -0.4 is 15.4 Å². The lowest BCUT2D eigenvalue weighted by Crippen LogP contribution is -2.48. The third-order valence-corrected chi connectivity index (χ3v) is 4.61. The van der Waals surface area contributed by atoms with E-state index < -0.39 is 30.3 Å². The highest BCUT2D eigenvalue weighted by molar-refractivity contribution is 5.96. The fraction of sp³-hybridized carbons (Fsp3) is 0.450. The maximum atomic E-state index is 13.6. The maximum Gasteiger partial charge on any atom is 0.331 e. The highest BCUT2D eigenvalue weighted by Gasteiger charge is 2.23. The lowest BCUT2D eigenvalue weighted by molar-refractivity contribution is -0.143. The fourth-order valence-electron chi connectivity index (χ4n) is 3.03. The standard InChI is InChI=1S/C20H25FN2O5/c1-13-5-3-4-6-16(13)22-20(26)23-18(24)12-28-19(25)10-8-14-7-9-17(27-2)15(21)11-14/h7-11,13,16H,3-6,12H2,1-2H3,(H2,22,23,24,26)/b10-8+/t13-,16-/m0/s1.